The first-order valence-electron chi connectivity index (χ1n) is 9.90. The Balaban J connectivity index is 1.60. The summed E-state index contributed by atoms with van der Waals surface area (Å²) in [5, 5.41) is 2.93. The number of nitrogens with one attached hydrogen (secondary N) is 1. The van der Waals surface area contributed by atoms with Crippen molar-refractivity contribution in [2.45, 2.75) is 25.7 Å². The number of halogens is 2. The van der Waals surface area contributed by atoms with Crippen LogP contribution in [0.4, 0.5) is 26.0 Å². The molecule has 0 saturated carbocycles. The number of hydrogen-bond acceptors (Lipinski definition) is 5. The average molecular weight is 412 g/mol. The number of amides is 1. The Morgan fingerprint density at radius 2 is 1.63 bits per heavy atom. The van der Waals surface area contributed by atoms with E-state index in [4.69, 9.17) is 10.2 Å². The van der Waals surface area contributed by atoms with Crippen LogP contribution in [0.5, 0.6) is 0 Å². The van der Waals surface area contributed by atoms with Gasteiger partial charge in [-0.05, 0) is 49.2 Å². The lowest BCUT2D eigenvalue weighted by Crippen LogP contribution is -2.23. The molecule has 3 aromatic rings. The molecule has 0 aliphatic carbocycles. The minimum atomic E-state index is -0.870. The van der Waals surface area contributed by atoms with Gasteiger partial charge in [0, 0.05) is 24.5 Å². The van der Waals surface area contributed by atoms with Gasteiger partial charge in [0.05, 0.1) is 0 Å². The lowest BCUT2D eigenvalue weighted by atomic mass is 10.2. The van der Waals surface area contributed by atoms with Crippen molar-refractivity contribution in [3.63, 3.8) is 0 Å². The highest BCUT2D eigenvalue weighted by atomic mass is 19.1. The van der Waals surface area contributed by atoms with E-state index in [-0.39, 0.29) is 17.5 Å². The largest absolute Gasteiger partial charge is 0.419 e. The lowest BCUT2D eigenvalue weighted by molar-refractivity contribution is 0.0996. The van der Waals surface area contributed by atoms with Gasteiger partial charge in [0.25, 0.3) is 5.91 Å². The molecule has 8 heteroatoms. The Labute approximate surface area is 172 Å². The highest BCUT2D eigenvalue weighted by Crippen LogP contribution is 2.31. The van der Waals surface area contributed by atoms with E-state index >= 15 is 0 Å². The van der Waals surface area contributed by atoms with Gasteiger partial charge in [0.2, 0.25) is 11.8 Å². The maximum absolute atomic E-state index is 14.1. The monoisotopic (exact) mass is 412 g/mol. The highest BCUT2D eigenvalue weighted by Gasteiger charge is 2.23. The molecule has 1 aliphatic rings. The number of primary amides is 1. The van der Waals surface area contributed by atoms with Gasteiger partial charge >= 0.3 is 0 Å². The topological polar surface area (TPSA) is 84.4 Å². The molecule has 2 aromatic carbocycles. The quantitative estimate of drug-likeness (QED) is 0.626. The number of nitrogens with zero attached hydrogens (tertiary/aromatic N) is 2. The predicted octanol–water partition coefficient (Wildman–Crippen LogP) is 4.84. The Hall–Kier alpha value is -3.42. The second-order valence-corrected chi connectivity index (χ2v) is 7.23. The number of carbonyl (C=O) groups excluding carboxylic acids is 1. The third kappa shape index (κ3) is 4.12. The van der Waals surface area contributed by atoms with Gasteiger partial charge in [-0.25, -0.2) is 13.8 Å². The summed E-state index contributed by atoms with van der Waals surface area (Å²) in [7, 11) is 0. The molecule has 156 valence electrons. The minimum absolute atomic E-state index is 0.0670. The Bertz CT molecular complexity index is 1020. The number of anilines is 3. The maximum Gasteiger partial charge on any atom is 0.273 e. The van der Waals surface area contributed by atoms with E-state index in [0.717, 1.165) is 30.9 Å². The molecule has 1 amide bonds. The van der Waals surface area contributed by atoms with Gasteiger partial charge in [-0.1, -0.05) is 18.9 Å². The van der Waals surface area contributed by atoms with Crippen LogP contribution < -0.4 is 16.0 Å². The number of carbonyl (C=O) groups is 1. The van der Waals surface area contributed by atoms with Crippen LogP contribution in [0, 0.1) is 11.6 Å². The molecule has 0 atom stereocenters. The molecule has 0 radical (unpaired) electrons. The fraction of sp³-hybridized carbons (Fsp3) is 0.273. The van der Waals surface area contributed by atoms with Crippen LogP contribution in [0.3, 0.4) is 0 Å². The Kier molecular flexibility index (Phi) is 5.65. The number of nitrogens with two attached hydrogens (primary N) is 1. The summed E-state index contributed by atoms with van der Waals surface area (Å²) in [5.41, 5.74) is 6.44. The molecular formula is C22H22F2N4O2. The fourth-order valence-corrected chi connectivity index (χ4v) is 3.60. The molecule has 30 heavy (non-hydrogen) atoms. The van der Waals surface area contributed by atoms with E-state index in [1.54, 1.807) is 0 Å². The SMILES string of the molecule is NC(=O)c1nc(-c2c(F)cccc2F)oc1Nc1ccc(N2CCCCCC2)cc1. The first kappa shape index (κ1) is 19.9. The first-order chi connectivity index (χ1) is 14.5. The van der Waals surface area contributed by atoms with Crippen molar-refractivity contribution in [2.75, 3.05) is 23.3 Å². The standard InChI is InChI=1S/C22H22F2N4O2/c23-16-6-5-7-17(24)18(16)21-27-19(20(25)29)22(30-21)26-14-8-10-15(11-9-14)28-12-3-1-2-4-13-28/h5-11,26H,1-4,12-13H2,(H2,25,29). The van der Waals surface area contributed by atoms with Crippen molar-refractivity contribution < 1.29 is 18.0 Å². The molecule has 1 aromatic heterocycles. The summed E-state index contributed by atoms with van der Waals surface area (Å²) in [6.45, 7) is 2.05. The van der Waals surface area contributed by atoms with Crippen molar-refractivity contribution in [3.8, 4) is 11.5 Å². The summed E-state index contributed by atoms with van der Waals surface area (Å²) >= 11 is 0. The van der Waals surface area contributed by atoms with Gasteiger partial charge in [-0.15, -0.1) is 0 Å². The normalized spacial score (nSPS) is 14.4. The third-order valence-electron chi connectivity index (χ3n) is 5.13. The zero-order valence-electron chi connectivity index (χ0n) is 16.3. The molecule has 0 bridgehead atoms. The number of hydrogen-bond donors (Lipinski definition) is 2. The van der Waals surface area contributed by atoms with Crippen LogP contribution >= 0.6 is 0 Å². The molecule has 4 rings (SSSR count). The van der Waals surface area contributed by atoms with Gasteiger partial charge in [0.15, 0.2) is 5.69 Å². The smallest absolute Gasteiger partial charge is 0.273 e. The highest BCUT2D eigenvalue weighted by molar-refractivity contribution is 5.96. The van der Waals surface area contributed by atoms with E-state index in [1.165, 1.54) is 31.7 Å². The van der Waals surface area contributed by atoms with E-state index in [1.807, 2.05) is 24.3 Å². The van der Waals surface area contributed by atoms with Gasteiger partial charge in [0.1, 0.15) is 17.2 Å². The van der Waals surface area contributed by atoms with E-state index in [9.17, 15) is 13.6 Å². The lowest BCUT2D eigenvalue weighted by Gasteiger charge is -2.22. The average Bonchev–Trinajstić information content (AvgIpc) is 2.94. The molecule has 3 N–H and O–H groups in total. The molecule has 1 fully saturated rings. The van der Waals surface area contributed by atoms with Crippen molar-refractivity contribution >= 4 is 23.2 Å². The van der Waals surface area contributed by atoms with Crippen molar-refractivity contribution in [3.05, 3.63) is 59.8 Å². The van der Waals surface area contributed by atoms with Gasteiger partial charge in [-0.2, -0.15) is 0 Å². The zero-order chi connectivity index (χ0) is 21.1. The summed E-state index contributed by atoms with van der Waals surface area (Å²) < 4.78 is 33.6. The van der Waals surface area contributed by atoms with E-state index in [2.05, 4.69) is 15.2 Å². The van der Waals surface area contributed by atoms with Crippen molar-refractivity contribution in [1.29, 1.82) is 0 Å². The molecule has 1 aliphatic heterocycles. The van der Waals surface area contributed by atoms with Crippen molar-refractivity contribution in [1.82, 2.24) is 4.98 Å². The first-order valence-corrected chi connectivity index (χ1v) is 9.90. The number of rotatable bonds is 5. The van der Waals surface area contributed by atoms with Crippen LogP contribution in [0.25, 0.3) is 11.5 Å². The van der Waals surface area contributed by atoms with E-state index in [0.29, 0.717) is 5.69 Å². The molecule has 1 saturated heterocycles. The molecule has 2 heterocycles. The number of oxazole rings is 1. The van der Waals surface area contributed by atoms with Crippen LogP contribution in [0.1, 0.15) is 36.2 Å². The van der Waals surface area contributed by atoms with Crippen LogP contribution in [0.2, 0.25) is 0 Å². The predicted molar refractivity (Wildman–Crippen MR) is 111 cm³/mol. The number of aromatic nitrogens is 1. The summed E-state index contributed by atoms with van der Waals surface area (Å²) in [6, 6.07) is 11.0. The van der Waals surface area contributed by atoms with Crippen LogP contribution in [-0.4, -0.2) is 24.0 Å². The Morgan fingerprint density at radius 3 is 2.23 bits per heavy atom. The zero-order valence-corrected chi connectivity index (χ0v) is 16.3. The Morgan fingerprint density at radius 1 is 1.00 bits per heavy atom. The van der Waals surface area contributed by atoms with Gasteiger partial charge < -0.3 is 20.4 Å². The minimum Gasteiger partial charge on any atom is -0.419 e. The van der Waals surface area contributed by atoms with Crippen molar-refractivity contribution in [2.24, 2.45) is 5.73 Å². The second kappa shape index (κ2) is 8.52. The molecule has 6 nitrogen and oxygen atoms in total. The van der Waals surface area contributed by atoms with Gasteiger partial charge in [-0.3, -0.25) is 4.79 Å². The number of benzene rings is 2. The fourth-order valence-electron chi connectivity index (χ4n) is 3.60. The summed E-state index contributed by atoms with van der Waals surface area (Å²) in [4.78, 5) is 18.0. The molecule has 0 spiro atoms. The van der Waals surface area contributed by atoms with E-state index < -0.39 is 23.1 Å². The summed E-state index contributed by atoms with van der Waals surface area (Å²) in [6.07, 6.45) is 4.86. The maximum atomic E-state index is 14.1. The second-order valence-electron chi connectivity index (χ2n) is 7.23. The molecular weight excluding hydrogens is 390 g/mol. The summed E-state index contributed by atoms with van der Waals surface area (Å²) in [5.74, 6) is -2.99. The molecule has 0 unspecified atom stereocenters. The third-order valence-corrected chi connectivity index (χ3v) is 5.13. The van der Waals surface area contributed by atoms with Crippen LogP contribution in [0.15, 0.2) is 46.9 Å². The van der Waals surface area contributed by atoms with Crippen LogP contribution in [-0.2, 0) is 0 Å².